The lowest BCUT2D eigenvalue weighted by atomic mass is 9.98. The number of rotatable bonds is 3. The first-order valence-corrected chi connectivity index (χ1v) is 6.94. The minimum absolute atomic E-state index is 0.0679. The van der Waals surface area contributed by atoms with Gasteiger partial charge in [0.1, 0.15) is 11.6 Å². The van der Waals surface area contributed by atoms with E-state index in [9.17, 15) is 8.78 Å². The molecule has 1 saturated heterocycles. The first-order chi connectivity index (χ1) is 9.29. The smallest absolute Gasteiger partial charge is 0.128 e. The zero-order valence-corrected chi connectivity index (χ0v) is 12.4. The van der Waals surface area contributed by atoms with E-state index in [0.29, 0.717) is 6.54 Å². The number of hydrogen-bond donors (Lipinski definition) is 1. The summed E-state index contributed by atoms with van der Waals surface area (Å²) < 4.78 is 26.9. The predicted octanol–water partition coefficient (Wildman–Crippen LogP) is 1.99. The van der Waals surface area contributed by atoms with E-state index in [1.165, 1.54) is 6.07 Å². The predicted molar refractivity (Wildman–Crippen MR) is 76.4 cm³/mol. The van der Waals surface area contributed by atoms with Gasteiger partial charge in [0.15, 0.2) is 0 Å². The van der Waals surface area contributed by atoms with E-state index in [1.54, 1.807) is 0 Å². The van der Waals surface area contributed by atoms with Crippen molar-refractivity contribution in [1.29, 1.82) is 0 Å². The topological polar surface area (TPSA) is 32.5 Å². The van der Waals surface area contributed by atoms with Crippen molar-refractivity contribution in [2.24, 2.45) is 5.73 Å². The normalized spacial score (nSPS) is 21.9. The van der Waals surface area contributed by atoms with Crippen LogP contribution in [0.2, 0.25) is 0 Å². The molecule has 0 spiro atoms. The van der Waals surface area contributed by atoms with Crippen molar-refractivity contribution in [3.8, 4) is 0 Å². The number of halogens is 2. The van der Waals surface area contributed by atoms with Crippen molar-refractivity contribution in [2.45, 2.75) is 25.4 Å². The quantitative estimate of drug-likeness (QED) is 0.921. The third-order valence-electron chi connectivity index (χ3n) is 4.21. The maximum absolute atomic E-state index is 13.7. The molecule has 1 fully saturated rings. The third kappa shape index (κ3) is 3.34. The van der Waals surface area contributed by atoms with Crippen LogP contribution in [0.3, 0.4) is 0 Å². The zero-order chi connectivity index (χ0) is 14.9. The zero-order valence-electron chi connectivity index (χ0n) is 12.4. The fourth-order valence-electron chi connectivity index (χ4n) is 2.67. The van der Waals surface area contributed by atoms with Crippen molar-refractivity contribution in [2.75, 3.05) is 33.2 Å². The van der Waals surface area contributed by atoms with E-state index >= 15 is 0 Å². The molecule has 112 valence electrons. The van der Waals surface area contributed by atoms with Gasteiger partial charge < -0.3 is 5.73 Å². The van der Waals surface area contributed by atoms with Gasteiger partial charge in [-0.1, -0.05) is 0 Å². The maximum Gasteiger partial charge on any atom is 0.128 e. The standard InChI is InChI=1S/C15H23F2N3/c1-15(2)10-20(7-6-19(15)3)9-14(18)12-8-11(16)4-5-13(12)17/h4-5,8,14H,6-7,9-10,18H2,1-3H3. The van der Waals surface area contributed by atoms with Crippen LogP contribution in [0.15, 0.2) is 18.2 Å². The lowest BCUT2D eigenvalue weighted by Crippen LogP contribution is -2.58. The van der Waals surface area contributed by atoms with Crippen LogP contribution >= 0.6 is 0 Å². The number of piperazine rings is 1. The summed E-state index contributed by atoms with van der Waals surface area (Å²) in [6, 6.07) is 2.94. The van der Waals surface area contributed by atoms with Crippen molar-refractivity contribution in [3.05, 3.63) is 35.4 Å². The van der Waals surface area contributed by atoms with Gasteiger partial charge in [-0.2, -0.15) is 0 Å². The van der Waals surface area contributed by atoms with E-state index in [1.807, 2.05) is 0 Å². The Labute approximate surface area is 119 Å². The van der Waals surface area contributed by atoms with Crippen LogP contribution in [0, 0.1) is 11.6 Å². The lowest BCUT2D eigenvalue weighted by Gasteiger charge is -2.46. The van der Waals surface area contributed by atoms with Gasteiger partial charge in [0, 0.05) is 43.3 Å². The summed E-state index contributed by atoms with van der Waals surface area (Å²) in [5.74, 6) is -0.886. The molecule has 0 aromatic heterocycles. The fourth-order valence-corrected chi connectivity index (χ4v) is 2.67. The number of likely N-dealkylation sites (N-methyl/N-ethyl adjacent to an activating group) is 1. The molecule has 0 aliphatic carbocycles. The first-order valence-electron chi connectivity index (χ1n) is 6.94. The van der Waals surface area contributed by atoms with Gasteiger partial charge in [-0.25, -0.2) is 8.78 Å². The number of nitrogens with two attached hydrogens (primary N) is 1. The van der Waals surface area contributed by atoms with Crippen LogP contribution in [0.1, 0.15) is 25.5 Å². The van der Waals surface area contributed by atoms with Crippen molar-refractivity contribution in [3.63, 3.8) is 0 Å². The van der Waals surface area contributed by atoms with Crippen molar-refractivity contribution in [1.82, 2.24) is 9.80 Å². The van der Waals surface area contributed by atoms with Crippen molar-refractivity contribution < 1.29 is 8.78 Å². The van der Waals surface area contributed by atoms with Crippen molar-refractivity contribution >= 4 is 0 Å². The Bertz CT molecular complexity index is 476. The molecule has 1 aliphatic rings. The molecule has 2 N–H and O–H groups in total. The highest BCUT2D eigenvalue weighted by atomic mass is 19.1. The molecular weight excluding hydrogens is 260 g/mol. The Morgan fingerprint density at radius 3 is 2.65 bits per heavy atom. The molecule has 3 nitrogen and oxygen atoms in total. The fraction of sp³-hybridized carbons (Fsp3) is 0.600. The molecule has 1 heterocycles. The van der Waals surface area contributed by atoms with E-state index in [-0.39, 0.29) is 11.1 Å². The van der Waals surface area contributed by atoms with Crippen LogP contribution in [-0.2, 0) is 0 Å². The number of benzene rings is 1. The summed E-state index contributed by atoms with van der Waals surface area (Å²) in [5.41, 5.74) is 6.38. The lowest BCUT2D eigenvalue weighted by molar-refractivity contribution is 0.0370. The Morgan fingerprint density at radius 2 is 2.00 bits per heavy atom. The molecule has 1 aromatic carbocycles. The average molecular weight is 283 g/mol. The second-order valence-corrected chi connectivity index (χ2v) is 6.24. The maximum atomic E-state index is 13.7. The molecule has 0 amide bonds. The molecule has 20 heavy (non-hydrogen) atoms. The molecule has 1 aromatic rings. The molecule has 0 bridgehead atoms. The largest absolute Gasteiger partial charge is 0.323 e. The Kier molecular flexibility index (Phi) is 4.42. The van der Waals surface area contributed by atoms with Gasteiger partial charge in [0.05, 0.1) is 0 Å². The number of hydrogen-bond acceptors (Lipinski definition) is 3. The molecule has 0 saturated carbocycles. The highest BCUT2D eigenvalue weighted by Crippen LogP contribution is 2.22. The van der Waals surface area contributed by atoms with Gasteiger partial charge in [0.25, 0.3) is 0 Å². The van der Waals surface area contributed by atoms with Gasteiger partial charge >= 0.3 is 0 Å². The highest BCUT2D eigenvalue weighted by Gasteiger charge is 2.31. The SMILES string of the molecule is CN1CCN(CC(N)c2cc(F)ccc2F)CC1(C)C. The molecule has 2 rings (SSSR count). The van der Waals surface area contributed by atoms with Crippen LogP contribution in [0.5, 0.6) is 0 Å². The third-order valence-corrected chi connectivity index (χ3v) is 4.21. The molecule has 1 unspecified atom stereocenters. The Hall–Kier alpha value is -1.04. The summed E-state index contributed by atoms with van der Waals surface area (Å²) in [4.78, 5) is 4.52. The molecular formula is C15H23F2N3. The van der Waals surface area contributed by atoms with Gasteiger partial charge in [-0.15, -0.1) is 0 Å². The highest BCUT2D eigenvalue weighted by molar-refractivity contribution is 5.22. The van der Waals surface area contributed by atoms with E-state index in [0.717, 1.165) is 31.8 Å². The van der Waals surface area contributed by atoms with Crippen LogP contribution in [-0.4, -0.2) is 48.6 Å². The average Bonchev–Trinajstić information content (AvgIpc) is 2.36. The molecule has 1 aliphatic heterocycles. The molecule has 5 heteroatoms. The summed E-state index contributed by atoms with van der Waals surface area (Å²) >= 11 is 0. The molecule has 1 atom stereocenters. The van der Waals surface area contributed by atoms with Gasteiger partial charge in [-0.3, -0.25) is 9.80 Å². The molecule has 0 radical (unpaired) electrons. The minimum Gasteiger partial charge on any atom is -0.323 e. The van der Waals surface area contributed by atoms with E-state index in [2.05, 4.69) is 30.7 Å². The number of nitrogens with zero attached hydrogens (tertiary/aromatic N) is 2. The minimum atomic E-state index is -0.509. The summed E-state index contributed by atoms with van der Waals surface area (Å²) in [6.07, 6.45) is 0. The summed E-state index contributed by atoms with van der Waals surface area (Å²) in [7, 11) is 2.10. The summed E-state index contributed by atoms with van der Waals surface area (Å²) in [5, 5.41) is 0. The second kappa shape index (κ2) is 5.76. The first kappa shape index (κ1) is 15.4. The van der Waals surface area contributed by atoms with Crippen LogP contribution < -0.4 is 5.73 Å². The Morgan fingerprint density at radius 1 is 1.30 bits per heavy atom. The Balaban J connectivity index is 2.05. The van der Waals surface area contributed by atoms with Crippen LogP contribution in [0.4, 0.5) is 8.78 Å². The second-order valence-electron chi connectivity index (χ2n) is 6.24. The van der Waals surface area contributed by atoms with E-state index in [4.69, 9.17) is 5.73 Å². The summed E-state index contributed by atoms with van der Waals surface area (Å²) in [6.45, 7) is 7.60. The van der Waals surface area contributed by atoms with Crippen LogP contribution in [0.25, 0.3) is 0 Å². The van der Waals surface area contributed by atoms with E-state index < -0.39 is 17.7 Å². The van der Waals surface area contributed by atoms with Gasteiger partial charge in [-0.05, 0) is 39.1 Å². The monoisotopic (exact) mass is 283 g/mol. The van der Waals surface area contributed by atoms with Gasteiger partial charge in [0.2, 0.25) is 0 Å².